The van der Waals surface area contributed by atoms with Crippen molar-refractivity contribution < 1.29 is 13.2 Å². The van der Waals surface area contributed by atoms with Crippen LogP contribution in [0.5, 0.6) is 0 Å². The summed E-state index contributed by atoms with van der Waals surface area (Å²) in [6, 6.07) is 0. The zero-order valence-electron chi connectivity index (χ0n) is 14.2. The standard InChI is InChI=1S/C14H31N3O3S/c1-7-17(8-2)21(18,19)15-11-14(5,6)16-9-12(3)20-13(4)10-16/h12-13,15H,7-11H2,1-6H3/t12-,13-/m1/s1. The summed E-state index contributed by atoms with van der Waals surface area (Å²) in [4.78, 5) is 2.30. The molecule has 0 spiro atoms. The fourth-order valence-corrected chi connectivity index (χ4v) is 4.10. The van der Waals surface area contributed by atoms with Gasteiger partial charge in [0.05, 0.1) is 12.2 Å². The largest absolute Gasteiger partial charge is 0.373 e. The van der Waals surface area contributed by atoms with E-state index in [0.29, 0.717) is 19.6 Å². The van der Waals surface area contributed by atoms with Gasteiger partial charge in [0.15, 0.2) is 0 Å². The van der Waals surface area contributed by atoms with Gasteiger partial charge in [-0.2, -0.15) is 12.7 Å². The molecule has 126 valence electrons. The molecule has 2 atom stereocenters. The molecular formula is C14H31N3O3S. The van der Waals surface area contributed by atoms with Gasteiger partial charge in [0, 0.05) is 38.3 Å². The summed E-state index contributed by atoms with van der Waals surface area (Å²) in [5.74, 6) is 0. The minimum Gasteiger partial charge on any atom is -0.373 e. The van der Waals surface area contributed by atoms with Gasteiger partial charge in [-0.25, -0.2) is 4.72 Å². The van der Waals surface area contributed by atoms with Gasteiger partial charge in [-0.05, 0) is 27.7 Å². The molecule has 0 unspecified atom stereocenters. The molecule has 7 heteroatoms. The Morgan fingerprint density at radius 1 is 1.19 bits per heavy atom. The lowest BCUT2D eigenvalue weighted by Crippen LogP contribution is -2.59. The molecule has 0 aromatic carbocycles. The van der Waals surface area contributed by atoms with Gasteiger partial charge in [0.2, 0.25) is 0 Å². The van der Waals surface area contributed by atoms with Crippen LogP contribution >= 0.6 is 0 Å². The van der Waals surface area contributed by atoms with E-state index >= 15 is 0 Å². The summed E-state index contributed by atoms with van der Waals surface area (Å²) < 4.78 is 34.4. The highest BCUT2D eigenvalue weighted by atomic mass is 32.2. The topological polar surface area (TPSA) is 61.9 Å². The normalized spacial score (nSPS) is 25.5. The Balaban J connectivity index is 2.68. The SMILES string of the molecule is CCN(CC)S(=O)(=O)NCC(C)(C)N1C[C@@H](C)O[C@H](C)C1. The van der Waals surface area contributed by atoms with Crippen LogP contribution in [0.4, 0.5) is 0 Å². The van der Waals surface area contributed by atoms with Crippen LogP contribution in [0.2, 0.25) is 0 Å². The first-order chi connectivity index (χ1) is 9.62. The van der Waals surface area contributed by atoms with Crippen molar-refractivity contribution in [1.29, 1.82) is 0 Å². The van der Waals surface area contributed by atoms with Gasteiger partial charge in [-0.3, -0.25) is 4.90 Å². The van der Waals surface area contributed by atoms with Crippen molar-refractivity contribution >= 4 is 10.2 Å². The molecule has 1 N–H and O–H groups in total. The number of ether oxygens (including phenoxy) is 1. The predicted octanol–water partition coefficient (Wildman–Crippen LogP) is 1.05. The molecule has 1 heterocycles. The van der Waals surface area contributed by atoms with Crippen LogP contribution in [0, 0.1) is 0 Å². The van der Waals surface area contributed by atoms with E-state index < -0.39 is 10.2 Å². The van der Waals surface area contributed by atoms with Crippen molar-refractivity contribution in [2.24, 2.45) is 0 Å². The molecule has 1 aliphatic heterocycles. The smallest absolute Gasteiger partial charge is 0.279 e. The highest BCUT2D eigenvalue weighted by Crippen LogP contribution is 2.21. The zero-order chi connectivity index (χ0) is 16.3. The minimum atomic E-state index is -3.40. The third kappa shape index (κ3) is 5.17. The van der Waals surface area contributed by atoms with Crippen LogP contribution in [-0.4, -0.2) is 68.1 Å². The summed E-state index contributed by atoms with van der Waals surface area (Å²) in [6.45, 7) is 15.0. The van der Waals surface area contributed by atoms with E-state index in [1.165, 1.54) is 4.31 Å². The lowest BCUT2D eigenvalue weighted by molar-refractivity contribution is -0.0945. The lowest BCUT2D eigenvalue weighted by Gasteiger charge is -2.45. The molecule has 0 aromatic rings. The Kier molecular flexibility index (Phi) is 6.61. The monoisotopic (exact) mass is 321 g/mol. The fraction of sp³-hybridized carbons (Fsp3) is 1.00. The van der Waals surface area contributed by atoms with E-state index in [4.69, 9.17) is 4.74 Å². The summed E-state index contributed by atoms with van der Waals surface area (Å²) in [5, 5.41) is 0. The van der Waals surface area contributed by atoms with Crippen LogP contribution in [0.3, 0.4) is 0 Å². The van der Waals surface area contributed by atoms with Crippen molar-refractivity contribution in [3.63, 3.8) is 0 Å². The molecule has 0 amide bonds. The van der Waals surface area contributed by atoms with Gasteiger partial charge >= 0.3 is 0 Å². The molecule has 1 saturated heterocycles. The maximum Gasteiger partial charge on any atom is 0.279 e. The van der Waals surface area contributed by atoms with E-state index in [1.807, 2.05) is 13.8 Å². The first kappa shape index (κ1) is 18.8. The van der Waals surface area contributed by atoms with Crippen molar-refractivity contribution in [3.8, 4) is 0 Å². The van der Waals surface area contributed by atoms with Crippen LogP contribution < -0.4 is 4.72 Å². The first-order valence-corrected chi connectivity index (χ1v) is 9.21. The molecule has 0 aliphatic carbocycles. The highest BCUT2D eigenvalue weighted by Gasteiger charge is 2.34. The van der Waals surface area contributed by atoms with E-state index in [9.17, 15) is 8.42 Å². The second-order valence-corrected chi connectivity index (χ2v) is 8.14. The molecule has 0 radical (unpaired) electrons. The number of morpholine rings is 1. The Morgan fingerprint density at radius 2 is 1.67 bits per heavy atom. The van der Waals surface area contributed by atoms with Gasteiger partial charge in [0.1, 0.15) is 0 Å². The van der Waals surface area contributed by atoms with Gasteiger partial charge in [0.25, 0.3) is 10.2 Å². The van der Waals surface area contributed by atoms with Gasteiger partial charge < -0.3 is 4.74 Å². The molecule has 0 aromatic heterocycles. The molecule has 0 saturated carbocycles. The molecular weight excluding hydrogens is 290 g/mol. The van der Waals surface area contributed by atoms with Gasteiger partial charge in [-0.15, -0.1) is 0 Å². The van der Waals surface area contributed by atoms with Crippen LogP contribution in [0.15, 0.2) is 0 Å². The average Bonchev–Trinajstić information content (AvgIpc) is 2.37. The number of rotatable bonds is 7. The van der Waals surface area contributed by atoms with Crippen molar-refractivity contribution in [3.05, 3.63) is 0 Å². The first-order valence-electron chi connectivity index (χ1n) is 7.77. The third-order valence-corrected chi connectivity index (χ3v) is 5.71. The van der Waals surface area contributed by atoms with Crippen molar-refractivity contribution in [1.82, 2.24) is 13.9 Å². The van der Waals surface area contributed by atoms with Crippen LogP contribution in [0.25, 0.3) is 0 Å². The molecule has 1 rings (SSSR count). The summed E-state index contributed by atoms with van der Waals surface area (Å²) >= 11 is 0. The molecule has 0 bridgehead atoms. The van der Waals surface area contributed by atoms with Crippen molar-refractivity contribution in [2.45, 2.75) is 59.3 Å². The minimum absolute atomic E-state index is 0.174. The van der Waals surface area contributed by atoms with Gasteiger partial charge in [-0.1, -0.05) is 13.8 Å². The summed E-state index contributed by atoms with van der Waals surface area (Å²) in [7, 11) is -3.40. The highest BCUT2D eigenvalue weighted by molar-refractivity contribution is 7.87. The van der Waals surface area contributed by atoms with E-state index in [2.05, 4.69) is 37.3 Å². The number of hydrogen-bond acceptors (Lipinski definition) is 4. The van der Waals surface area contributed by atoms with Crippen LogP contribution in [0.1, 0.15) is 41.5 Å². The Morgan fingerprint density at radius 3 is 2.10 bits per heavy atom. The quantitative estimate of drug-likeness (QED) is 0.761. The Bertz CT molecular complexity index is 411. The van der Waals surface area contributed by atoms with E-state index in [0.717, 1.165) is 13.1 Å². The number of nitrogens with one attached hydrogen (secondary N) is 1. The zero-order valence-corrected chi connectivity index (χ0v) is 15.0. The molecule has 1 fully saturated rings. The third-order valence-electron chi connectivity index (χ3n) is 4.01. The molecule has 6 nitrogen and oxygen atoms in total. The maximum absolute atomic E-state index is 12.2. The van der Waals surface area contributed by atoms with Crippen LogP contribution in [-0.2, 0) is 14.9 Å². The maximum atomic E-state index is 12.2. The second-order valence-electron chi connectivity index (χ2n) is 6.39. The number of hydrogen-bond donors (Lipinski definition) is 1. The fourth-order valence-electron chi connectivity index (χ4n) is 2.71. The predicted molar refractivity (Wildman–Crippen MR) is 85.5 cm³/mol. The summed E-state index contributed by atoms with van der Waals surface area (Å²) in [5.41, 5.74) is -0.244. The Hall–Kier alpha value is -0.210. The average molecular weight is 321 g/mol. The Labute approximate surface area is 130 Å². The van der Waals surface area contributed by atoms with E-state index in [1.54, 1.807) is 0 Å². The second kappa shape index (κ2) is 7.37. The molecule has 21 heavy (non-hydrogen) atoms. The summed E-state index contributed by atoms with van der Waals surface area (Å²) in [6.07, 6.45) is 0.347. The number of nitrogens with zero attached hydrogens (tertiary/aromatic N) is 2. The molecule has 1 aliphatic rings. The van der Waals surface area contributed by atoms with Crippen molar-refractivity contribution in [2.75, 3.05) is 32.7 Å². The van der Waals surface area contributed by atoms with E-state index in [-0.39, 0.29) is 17.7 Å². The lowest BCUT2D eigenvalue weighted by atomic mass is 10.0.